The second-order valence-electron chi connectivity index (χ2n) is 5.38. The second kappa shape index (κ2) is 6.54. The fraction of sp³-hybridized carbons (Fsp3) is 0.375. The first-order chi connectivity index (χ1) is 10.0. The lowest BCUT2D eigenvalue weighted by Crippen LogP contribution is -2.42. The Hall–Kier alpha value is -2.14. The minimum absolute atomic E-state index is 0.105. The van der Waals surface area contributed by atoms with Gasteiger partial charge in [-0.15, -0.1) is 0 Å². The van der Waals surface area contributed by atoms with Crippen LogP contribution in [0.5, 0.6) is 0 Å². The van der Waals surface area contributed by atoms with E-state index in [0.29, 0.717) is 6.54 Å². The molecule has 0 radical (unpaired) electrons. The molecule has 2 aromatic rings. The Kier molecular flexibility index (Phi) is 4.75. The van der Waals surface area contributed by atoms with E-state index in [-0.39, 0.29) is 11.9 Å². The minimum atomic E-state index is -0.160. The largest absolute Gasteiger partial charge is 0.347 e. The maximum Gasteiger partial charge on any atom is 0.239 e. The Morgan fingerprint density at radius 3 is 2.62 bits per heavy atom. The highest BCUT2D eigenvalue weighted by atomic mass is 16.2. The van der Waals surface area contributed by atoms with Crippen LogP contribution in [0.1, 0.15) is 12.6 Å². The summed E-state index contributed by atoms with van der Waals surface area (Å²) < 4.78 is 2.04. The highest BCUT2D eigenvalue weighted by molar-refractivity contribution is 5.80. The molecule has 112 valence electrons. The zero-order valence-corrected chi connectivity index (χ0v) is 13.0. The van der Waals surface area contributed by atoms with E-state index in [1.807, 2.05) is 53.9 Å². The number of carbonyl (C=O) groups is 1. The fourth-order valence-electron chi connectivity index (χ4n) is 2.22. The van der Waals surface area contributed by atoms with Gasteiger partial charge in [0.05, 0.1) is 6.04 Å². The molecule has 0 saturated carbocycles. The number of rotatable bonds is 5. The van der Waals surface area contributed by atoms with Crippen LogP contribution < -0.4 is 0 Å². The number of aromatic nitrogens is 2. The van der Waals surface area contributed by atoms with Crippen molar-refractivity contribution in [1.82, 2.24) is 19.4 Å². The molecular weight excluding hydrogens is 264 g/mol. The van der Waals surface area contributed by atoms with Crippen molar-refractivity contribution >= 4 is 5.91 Å². The van der Waals surface area contributed by atoms with Crippen molar-refractivity contribution in [3.05, 3.63) is 48.4 Å². The first-order valence-corrected chi connectivity index (χ1v) is 6.99. The molecule has 5 nitrogen and oxygen atoms in total. The normalized spacial score (nSPS) is 12.4. The van der Waals surface area contributed by atoms with E-state index in [1.54, 1.807) is 25.2 Å². The number of amides is 1. The maximum atomic E-state index is 12.0. The zero-order chi connectivity index (χ0) is 15.4. The van der Waals surface area contributed by atoms with E-state index in [1.165, 1.54) is 0 Å². The summed E-state index contributed by atoms with van der Waals surface area (Å²) in [6.07, 6.45) is 3.77. The molecule has 0 aliphatic rings. The molecule has 2 aromatic heterocycles. The zero-order valence-electron chi connectivity index (χ0n) is 13.0. The van der Waals surface area contributed by atoms with Crippen molar-refractivity contribution in [1.29, 1.82) is 0 Å². The minimum Gasteiger partial charge on any atom is -0.347 e. The Morgan fingerprint density at radius 1 is 1.24 bits per heavy atom. The molecule has 0 N–H and O–H groups in total. The van der Waals surface area contributed by atoms with Crippen LogP contribution in [0.4, 0.5) is 0 Å². The number of likely N-dealkylation sites (N-methyl/N-ethyl adjacent to an activating group) is 2. The third-order valence-electron chi connectivity index (χ3n) is 3.60. The van der Waals surface area contributed by atoms with Crippen LogP contribution in [0.2, 0.25) is 0 Å². The van der Waals surface area contributed by atoms with Crippen molar-refractivity contribution in [2.75, 3.05) is 21.1 Å². The highest BCUT2D eigenvalue weighted by Crippen LogP contribution is 2.13. The van der Waals surface area contributed by atoms with Crippen molar-refractivity contribution < 1.29 is 4.79 Å². The van der Waals surface area contributed by atoms with E-state index >= 15 is 0 Å². The number of pyridine rings is 1. The van der Waals surface area contributed by atoms with Gasteiger partial charge in [-0.2, -0.15) is 0 Å². The van der Waals surface area contributed by atoms with Gasteiger partial charge < -0.3 is 9.47 Å². The van der Waals surface area contributed by atoms with E-state index in [2.05, 4.69) is 11.1 Å². The molecule has 1 atom stereocenters. The van der Waals surface area contributed by atoms with Crippen LogP contribution in [-0.2, 0) is 11.3 Å². The van der Waals surface area contributed by atoms with Gasteiger partial charge in [-0.25, -0.2) is 4.98 Å². The number of carbonyl (C=O) groups excluding carboxylic acids is 1. The molecule has 2 heterocycles. The van der Waals surface area contributed by atoms with Gasteiger partial charge in [-0.1, -0.05) is 6.07 Å². The van der Waals surface area contributed by atoms with E-state index < -0.39 is 0 Å². The van der Waals surface area contributed by atoms with Gasteiger partial charge >= 0.3 is 0 Å². The van der Waals surface area contributed by atoms with Gasteiger partial charge in [0.1, 0.15) is 5.82 Å². The SMILES string of the molecule is CC(C(=O)N(C)C)N(C)Cc1cccn1-c1ccccn1. The third-order valence-corrected chi connectivity index (χ3v) is 3.60. The molecule has 1 amide bonds. The van der Waals surface area contributed by atoms with Gasteiger partial charge in [0.25, 0.3) is 0 Å². The number of hydrogen-bond donors (Lipinski definition) is 0. The lowest BCUT2D eigenvalue weighted by atomic mass is 10.2. The number of nitrogens with zero attached hydrogens (tertiary/aromatic N) is 4. The molecular formula is C16H22N4O. The molecule has 21 heavy (non-hydrogen) atoms. The molecule has 0 aliphatic heterocycles. The quantitative estimate of drug-likeness (QED) is 0.841. The Balaban J connectivity index is 2.14. The molecule has 0 spiro atoms. The van der Waals surface area contributed by atoms with Crippen LogP contribution in [0.3, 0.4) is 0 Å². The second-order valence-corrected chi connectivity index (χ2v) is 5.38. The van der Waals surface area contributed by atoms with Crippen LogP contribution in [0, 0.1) is 0 Å². The molecule has 0 fully saturated rings. The first kappa shape index (κ1) is 15.3. The van der Waals surface area contributed by atoms with E-state index in [4.69, 9.17) is 0 Å². The van der Waals surface area contributed by atoms with Gasteiger partial charge in [0, 0.05) is 38.7 Å². The van der Waals surface area contributed by atoms with Gasteiger partial charge in [0.2, 0.25) is 5.91 Å². The highest BCUT2D eigenvalue weighted by Gasteiger charge is 2.20. The summed E-state index contributed by atoms with van der Waals surface area (Å²) in [5.74, 6) is 0.992. The smallest absolute Gasteiger partial charge is 0.239 e. The van der Waals surface area contributed by atoms with Crippen LogP contribution >= 0.6 is 0 Å². The Bertz CT molecular complexity index is 591. The average Bonchev–Trinajstić information content (AvgIpc) is 2.94. The Morgan fingerprint density at radius 2 is 2.00 bits per heavy atom. The van der Waals surface area contributed by atoms with Crippen molar-refractivity contribution in [3.63, 3.8) is 0 Å². The molecule has 0 aliphatic carbocycles. The van der Waals surface area contributed by atoms with Crippen LogP contribution in [0.15, 0.2) is 42.7 Å². The van der Waals surface area contributed by atoms with Crippen molar-refractivity contribution in [3.8, 4) is 5.82 Å². The monoisotopic (exact) mass is 286 g/mol. The standard InChI is InChI=1S/C16H22N4O/c1-13(16(21)18(2)3)19(4)12-14-8-7-11-20(14)15-9-5-6-10-17-15/h5-11,13H,12H2,1-4H3. The summed E-state index contributed by atoms with van der Waals surface area (Å²) in [6.45, 7) is 2.61. The van der Waals surface area contributed by atoms with Crippen LogP contribution in [-0.4, -0.2) is 52.4 Å². The predicted molar refractivity (Wildman–Crippen MR) is 83.2 cm³/mol. The number of hydrogen-bond acceptors (Lipinski definition) is 3. The van der Waals surface area contributed by atoms with Crippen molar-refractivity contribution in [2.24, 2.45) is 0 Å². The summed E-state index contributed by atoms with van der Waals surface area (Å²) in [5.41, 5.74) is 1.11. The predicted octanol–water partition coefficient (Wildman–Crippen LogP) is 1.78. The van der Waals surface area contributed by atoms with E-state index in [9.17, 15) is 4.79 Å². The lowest BCUT2D eigenvalue weighted by Gasteiger charge is -2.26. The molecule has 1 unspecified atom stereocenters. The topological polar surface area (TPSA) is 41.4 Å². The first-order valence-electron chi connectivity index (χ1n) is 6.99. The van der Waals surface area contributed by atoms with Gasteiger partial charge in [-0.3, -0.25) is 9.69 Å². The third kappa shape index (κ3) is 3.49. The fourth-order valence-corrected chi connectivity index (χ4v) is 2.22. The average molecular weight is 286 g/mol. The summed E-state index contributed by atoms with van der Waals surface area (Å²) >= 11 is 0. The maximum absolute atomic E-state index is 12.0. The Labute approximate surface area is 125 Å². The summed E-state index contributed by atoms with van der Waals surface area (Å²) in [4.78, 5) is 20.1. The molecule has 5 heteroatoms. The summed E-state index contributed by atoms with van der Waals surface area (Å²) in [5, 5.41) is 0. The van der Waals surface area contributed by atoms with Gasteiger partial charge in [-0.05, 0) is 38.2 Å². The molecule has 2 rings (SSSR count). The molecule has 0 saturated heterocycles. The molecule has 0 bridgehead atoms. The summed E-state index contributed by atoms with van der Waals surface area (Å²) in [7, 11) is 5.52. The molecule has 0 aromatic carbocycles. The van der Waals surface area contributed by atoms with Crippen molar-refractivity contribution in [2.45, 2.75) is 19.5 Å². The van der Waals surface area contributed by atoms with Crippen LogP contribution in [0.25, 0.3) is 5.82 Å². The van der Waals surface area contributed by atoms with Gasteiger partial charge in [0.15, 0.2) is 0 Å². The van der Waals surface area contributed by atoms with E-state index in [0.717, 1.165) is 11.5 Å². The summed E-state index contributed by atoms with van der Waals surface area (Å²) in [6, 6.07) is 9.73. The lowest BCUT2D eigenvalue weighted by molar-refractivity contribution is -0.133.